The molecule has 7 heteroatoms. The highest BCUT2D eigenvalue weighted by Crippen LogP contribution is 2.35. The van der Waals surface area contributed by atoms with Crippen molar-refractivity contribution >= 4 is 33.6 Å². The number of esters is 1. The fourth-order valence-corrected chi connectivity index (χ4v) is 3.97. The number of carbonyl (C=O) groups is 1. The van der Waals surface area contributed by atoms with Gasteiger partial charge in [-0.25, -0.2) is 14.2 Å². The smallest absolute Gasteiger partial charge is 0.340 e. The topological polar surface area (TPSA) is 95.6 Å². The summed E-state index contributed by atoms with van der Waals surface area (Å²) in [7, 11) is 1.84. The van der Waals surface area contributed by atoms with Gasteiger partial charge >= 0.3 is 5.97 Å². The minimum atomic E-state index is -0.433. The Morgan fingerprint density at radius 1 is 1.13 bits per heavy atom. The van der Waals surface area contributed by atoms with Crippen LogP contribution in [-0.4, -0.2) is 23.1 Å². The van der Waals surface area contributed by atoms with Crippen LogP contribution in [0, 0.1) is 5.82 Å². The lowest BCUT2D eigenvalue weighted by Crippen LogP contribution is -2.23. The van der Waals surface area contributed by atoms with Crippen molar-refractivity contribution < 1.29 is 13.9 Å². The van der Waals surface area contributed by atoms with Gasteiger partial charge in [-0.05, 0) is 35.6 Å². The number of rotatable bonds is 5. The van der Waals surface area contributed by atoms with Crippen molar-refractivity contribution in [3.05, 3.63) is 71.7 Å². The lowest BCUT2D eigenvalue weighted by Gasteiger charge is -2.09. The second-order valence-corrected chi connectivity index (χ2v) is 7.22. The molecule has 4 rings (SSSR count). The van der Waals surface area contributed by atoms with Crippen LogP contribution in [0.3, 0.4) is 0 Å². The monoisotopic (exact) mass is 418 g/mol. The molecule has 0 unspecified atom stereocenters. The Morgan fingerprint density at radius 2 is 1.87 bits per heavy atom. The fraction of sp³-hybridized carbons (Fsp3) is 0.167. The standard InChI is InChI=1S/C24H23FN4O2/c1-3-31-23(30)22-17-11-10-15(12-19(17)29(2)20(22)13-28-24(26)27)16-8-4-6-14-7-5-9-18(25)21(14)16/h4-12H,3,13H2,1-2H3,(H4,26,27,28). The summed E-state index contributed by atoms with van der Waals surface area (Å²) in [5.74, 6) is -0.773. The zero-order valence-corrected chi connectivity index (χ0v) is 17.4. The molecule has 158 valence electrons. The Morgan fingerprint density at radius 3 is 2.58 bits per heavy atom. The maximum absolute atomic E-state index is 14.7. The SMILES string of the molecule is CCOC(=O)c1c(CN=C(N)N)n(C)c2cc(-c3cccc4cccc(F)c34)ccc12. The lowest BCUT2D eigenvalue weighted by atomic mass is 9.97. The van der Waals surface area contributed by atoms with Crippen LogP contribution in [0.4, 0.5) is 4.39 Å². The van der Waals surface area contributed by atoms with Gasteiger partial charge in [0.05, 0.1) is 24.4 Å². The minimum Gasteiger partial charge on any atom is -0.462 e. The zero-order valence-electron chi connectivity index (χ0n) is 17.4. The predicted octanol–water partition coefficient (Wildman–Crippen LogP) is 4.09. The molecule has 0 bridgehead atoms. The van der Waals surface area contributed by atoms with Crippen LogP contribution in [0.15, 0.2) is 59.6 Å². The predicted molar refractivity (Wildman–Crippen MR) is 121 cm³/mol. The van der Waals surface area contributed by atoms with E-state index in [0.29, 0.717) is 16.6 Å². The number of hydrogen-bond donors (Lipinski definition) is 2. The molecule has 31 heavy (non-hydrogen) atoms. The van der Waals surface area contributed by atoms with E-state index in [1.54, 1.807) is 13.0 Å². The van der Waals surface area contributed by atoms with E-state index in [1.807, 2.05) is 54.1 Å². The third kappa shape index (κ3) is 3.59. The molecule has 0 saturated carbocycles. The molecule has 0 aliphatic rings. The number of aromatic nitrogens is 1. The average Bonchev–Trinajstić information content (AvgIpc) is 3.03. The molecule has 0 amide bonds. The molecule has 4 N–H and O–H groups in total. The number of aliphatic imine (C=N–C) groups is 1. The molecular formula is C24H23FN4O2. The Labute approximate surface area is 178 Å². The summed E-state index contributed by atoms with van der Waals surface area (Å²) in [5.41, 5.74) is 14.5. The molecule has 0 fully saturated rings. The summed E-state index contributed by atoms with van der Waals surface area (Å²) >= 11 is 0. The summed E-state index contributed by atoms with van der Waals surface area (Å²) in [5, 5.41) is 2.11. The van der Waals surface area contributed by atoms with Gasteiger partial charge < -0.3 is 20.8 Å². The first-order valence-electron chi connectivity index (χ1n) is 9.93. The molecule has 1 aromatic heterocycles. The van der Waals surface area contributed by atoms with E-state index in [1.165, 1.54) is 6.07 Å². The Kier molecular flexibility index (Phi) is 5.33. The average molecular weight is 418 g/mol. The molecule has 0 saturated heterocycles. The van der Waals surface area contributed by atoms with E-state index in [0.717, 1.165) is 27.4 Å². The number of hydrogen-bond acceptors (Lipinski definition) is 3. The van der Waals surface area contributed by atoms with E-state index in [4.69, 9.17) is 16.2 Å². The first-order valence-corrected chi connectivity index (χ1v) is 9.93. The second kappa shape index (κ2) is 8.10. The summed E-state index contributed by atoms with van der Waals surface area (Å²) in [6, 6.07) is 16.4. The number of benzene rings is 3. The van der Waals surface area contributed by atoms with E-state index in [9.17, 15) is 9.18 Å². The van der Waals surface area contributed by atoms with Crippen LogP contribution in [-0.2, 0) is 18.3 Å². The van der Waals surface area contributed by atoms with Crippen LogP contribution >= 0.6 is 0 Å². The van der Waals surface area contributed by atoms with E-state index < -0.39 is 5.97 Å². The van der Waals surface area contributed by atoms with Crippen LogP contribution in [0.25, 0.3) is 32.8 Å². The fourth-order valence-electron chi connectivity index (χ4n) is 3.97. The summed E-state index contributed by atoms with van der Waals surface area (Å²) in [6.07, 6.45) is 0. The molecule has 3 aromatic carbocycles. The van der Waals surface area contributed by atoms with Crippen LogP contribution in [0.1, 0.15) is 23.0 Å². The number of carbonyl (C=O) groups excluding carboxylic acids is 1. The summed E-state index contributed by atoms with van der Waals surface area (Å²) in [6.45, 7) is 2.15. The number of fused-ring (bicyclic) bond motifs is 2. The summed E-state index contributed by atoms with van der Waals surface area (Å²) < 4.78 is 21.8. The molecular weight excluding hydrogens is 395 g/mol. The molecule has 0 aliphatic carbocycles. The number of halogens is 1. The number of nitrogens with two attached hydrogens (primary N) is 2. The molecule has 6 nitrogen and oxygen atoms in total. The first kappa shape index (κ1) is 20.4. The maximum Gasteiger partial charge on any atom is 0.340 e. The maximum atomic E-state index is 14.7. The zero-order chi connectivity index (χ0) is 22.1. The molecule has 0 spiro atoms. The quantitative estimate of drug-likeness (QED) is 0.290. The van der Waals surface area contributed by atoms with Gasteiger partial charge in [0.1, 0.15) is 5.82 Å². The van der Waals surface area contributed by atoms with Crippen molar-refractivity contribution in [3.63, 3.8) is 0 Å². The van der Waals surface area contributed by atoms with E-state index >= 15 is 0 Å². The van der Waals surface area contributed by atoms with Gasteiger partial charge in [-0.3, -0.25) is 0 Å². The highest BCUT2D eigenvalue weighted by molar-refractivity contribution is 6.07. The van der Waals surface area contributed by atoms with Crippen molar-refractivity contribution in [1.29, 1.82) is 0 Å². The van der Waals surface area contributed by atoms with Gasteiger partial charge in [-0.1, -0.05) is 42.5 Å². The van der Waals surface area contributed by atoms with Crippen molar-refractivity contribution in [2.24, 2.45) is 23.5 Å². The number of guanidine groups is 1. The van der Waals surface area contributed by atoms with Crippen molar-refractivity contribution in [1.82, 2.24) is 4.57 Å². The van der Waals surface area contributed by atoms with Crippen molar-refractivity contribution in [3.8, 4) is 11.1 Å². The third-order valence-corrected chi connectivity index (χ3v) is 5.38. The highest BCUT2D eigenvalue weighted by Gasteiger charge is 2.23. The van der Waals surface area contributed by atoms with Gasteiger partial charge in [-0.2, -0.15) is 0 Å². The van der Waals surface area contributed by atoms with Gasteiger partial charge in [0.15, 0.2) is 5.96 Å². The molecule has 0 aliphatic heterocycles. The second-order valence-electron chi connectivity index (χ2n) is 7.22. The number of ether oxygens (including phenoxy) is 1. The Hall–Kier alpha value is -3.87. The third-order valence-electron chi connectivity index (χ3n) is 5.38. The Bertz CT molecular complexity index is 1330. The molecule has 0 atom stereocenters. The van der Waals surface area contributed by atoms with E-state index in [2.05, 4.69) is 4.99 Å². The Balaban J connectivity index is 1.96. The van der Waals surface area contributed by atoms with Gasteiger partial charge in [-0.15, -0.1) is 0 Å². The summed E-state index contributed by atoms with van der Waals surface area (Å²) in [4.78, 5) is 16.8. The van der Waals surface area contributed by atoms with Gasteiger partial charge in [0.25, 0.3) is 0 Å². The van der Waals surface area contributed by atoms with Crippen molar-refractivity contribution in [2.45, 2.75) is 13.5 Å². The van der Waals surface area contributed by atoms with Crippen LogP contribution in [0.5, 0.6) is 0 Å². The minimum absolute atomic E-state index is 0.0630. The van der Waals surface area contributed by atoms with E-state index in [-0.39, 0.29) is 24.9 Å². The molecule has 4 aromatic rings. The number of nitrogens with zero attached hydrogens (tertiary/aromatic N) is 2. The number of aryl methyl sites for hydroxylation is 1. The van der Waals surface area contributed by atoms with Gasteiger partial charge in [0, 0.05) is 23.3 Å². The molecule has 0 radical (unpaired) electrons. The molecule has 1 heterocycles. The normalized spacial score (nSPS) is 11.1. The lowest BCUT2D eigenvalue weighted by molar-refractivity contribution is 0.0527. The van der Waals surface area contributed by atoms with Gasteiger partial charge in [0.2, 0.25) is 0 Å². The van der Waals surface area contributed by atoms with Crippen LogP contribution in [0.2, 0.25) is 0 Å². The van der Waals surface area contributed by atoms with Crippen molar-refractivity contribution in [2.75, 3.05) is 6.61 Å². The largest absolute Gasteiger partial charge is 0.462 e. The first-order chi connectivity index (χ1) is 14.9. The highest BCUT2D eigenvalue weighted by atomic mass is 19.1. The van der Waals surface area contributed by atoms with Crippen LogP contribution < -0.4 is 11.5 Å².